The van der Waals surface area contributed by atoms with Gasteiger partial charge in [-0.2, -0.15) is 0 Å². The van der Waals surface area contributed by atoms with Gasteiger partial charge in [0.15, 0.2) is 6.54 Å². The van der Waals surface area contributed by atoms with Crippen LogP contribution >= 0.6 is 11.3 Å². The molecule has 3 N–H and O–H groups in total. The fraction of sp³-hybridized carbons (Fsp3) is 0.476. The maximum atomic E-state index is 12.4. The van der Waals surface area contributed by atoms with Gasteiger partial charge >= 0.3 is 0 Å². The molecule has 0 radical (unpaired) electrons. The van der Waals surface area contributed by atoms with E-state index in [2.05, 4.69) is 41.9 Å². The molecule has 6 heteroatoms. The van der Waals surface area contributed by atoms with Gasteiger partial charge in [-0.25, -0.2) is 0 Å². The fourth-order valence-corrected chi connectivity index (χ4v) is 4.81. The highest BCUT2D eigenvalue weighted by molar-refractivity contribution is 7.10. The van der Waals surface area contributed by atoms with Gasteiger partial charge in [0.2, 0.25) is 0 Å². The van der Waals surface area contributed by atoms with E-state index in [0.717, 1.165) is 51.5 Å². The Morgan fingerprint density at radius 1 is 1.22 bits per heavy atom. The average Bonchev–Trinajstić information content (AvgIpc) is 3.34. The summed E-state index contributed by atoms with van der Waals surface area (Å²) in [6, 6.07) is 10.9. The molecule has 1 fully saturated rings. The summed E-state index contributed by atoms with van der Waals surface area (Å²) in [4.78, 5) is 16.6. The van der Waals surface area contributed by atoms with E-state index in [1.807, 2.05) is 6.07 Å². The summed E-state index contributed by atoms with van der Waals surface area (Å²) in [7, 11) is 0. The average molecular weight is 388 g/mol. The van der Waals surface area contributed by atoms with Crippen molar-refractivity contribution in [2.45, 2.75) is 25.9 Å². The van der Waals surface area contributed by atoms with Crippen molar-refractivity contribution in [3.8, 4) is 5.75 Å². The molecular formula is C21H29N3O2S+2. The number of benzene rings is 1. The highest BCUT2D eigenvalue weighted by Crippen LogP contribution is 2.25. The molecular weight excluding hydrogens is 358 g/mol. The maximum Gasteiger partial charge on any atom is 0.275 e. The van der Waals surface area contributed by atoms with Crippen LogP contribution in [0.25, 0.3) is 0 Å². The predicted octanol–water partition coefficient (Wildman–Crippen LogP) is -0.156. The topological polar surface area (TPSA) is 47.2 Å². The van der Waals surface area contributed by atoms with Crippen molar-refractivity contribution in [3.63, 3.8) is 0 Å². The summed E-state index contributed by atoms with van der Waals surface area (Å²) in [5.41, 5.74) is 2.76. The van der Waals surface area contributed by atoms with Crippen LogP contribution in [0, 0.1) is 0 Å². The number of fused-ring (bicyclic) bond motifs is 1. The van der Waals surface area contributed by atoms with E-state index in [9.17, 15) is 4.79 Å². The van der Waals surface area contributed by atoms with Gasteiger partial charge in [0.25, 0.3) is 5.91 Å². The summed E-state index contributed by atoms with van der Waals surface area (Å²) >= 11 is 1.69. The molecule has 1 aromatic carbocycles. The fourth-order valence-electron chi connectivity index (χ4n) is 4.08. The molecule has 2 aromatic rings. The van der Waals surface area contributed by atoms with E-state index in [0.29, 0.717) is 6.54 Å². The number of hydrogen-bond donors (Lipinski definition) is 3. The van der Waals surface area contributed by atoms with Crippen LogP contribution in [0.2, 0.25) is 0 Å². The largest absolute Gasteiger partial charge is 0.493 e. The Kier molecular flexibility index (Phi) is 5.76. The standard InChI is InChI=1S/C21H27N3O2S/c1-16(20-3-2-12-27-20)22-21(25)15-24-9-7-23(8-10-24)14-17-4-5-19-18(13-17)6-11-26-19/h2-5,12-13,16H,6-11,14-15H2,1H3,(H,22,25)/p+2/t16-/m1/s1. The second-order valence-corrected chi connectivity index (χ2v) is 8.68. The molecule has 1 amide bonds. The van der Waals surface area contributed by atoms with E-state index in [1.54, 1.807) is 16.2 Å². The zero-order valence-electron chi connectivity index (χ0n) is 15.9. The summed E-state index contributed by atoms with van der Waals surface area (Å²) in [6.45, 7) is 8.90. The Hall–Kier alpha value is -1.89. The van der Waals surface area contributed by atoms with Gasteiger partial charge in [0.05, 0.1) is 12.6 Å². The van der Waals surface area contributed by atoms with Crippen LogP contribution in [0.3, 0.4) is 0 Å². The van der Waals surface area contributed by atoms with Gasteiger partial charge in [-0.05, 0) is 42.1 Å². The lowest BCUT2D eigenvalue weighted by molar-refractivity contribution is -1.02. The number of carbonyl (C=O) groups is 1. The summed E-state index contributed by atoms with van der Waals surface area (Å²) in [5, 5.41) is 5.19. The molecule has 0 saturated carbocycles. The van der Waals surface area contributed by atoms with Crippen molar-refractivity contribution in [1.29, 1.82) is 0 Å². The maximum absolute atomic E-state index is 12.4. The number of rotatable bonds is 6. The molecule has 27 heavy (non-hydrogen) atoms. The van der Waals surface area contributed by atoms with Crippen LogP contribution in [0.1, 0.15) is 29.0 Å². The second-order valence-electron chi connectivity index (χ2n) is 7.70. The number of quaternary nitrogens is 2. The third-order valence-electron chi connectivity index (χ3n) is 5.63. The molecule has 2 aliphatic rings. The number of ether oxygens (including phenoxy) is 1. The van der Waals surface area contributed by atoms with Crippen molar-refractivity contribution in [3.05, 3.63) is 51.7 Å². The van der Waals surface area contributed by atoms with Crippen molar-refractivity contribution in [1.82, 2.24) is 5.32 Å². The molecule has 0 spiro atoms. The molecule has 1 aromatic heterocycles. The number of amides is 1. The SMILES string of the molecule is C[C@@H](NC(=O)C[NH+]1CC[NH+](Cc2ccc3c(c2)CCO3)CC1)c1cccs1. The molecule has 3 heterocycles. The Labute approximate surface area is 164 Å². The highest BCUT2D eigenvalue weighted by Gasteiger charge is 2.26. The molecule has 0 bridgehead atoms. The first-order valence-corrected chi connectivity index (χ1v) is 10.8. The minimum atomic E-state index is 0.104. The van der Waals surface area contributed by atoms with Crippen molar-refractivity contribution in [2.24, 2.45) is 0 Å². The molecule has 1 saturated heterocycles. The van der Waals surface area contributed by atoms with Crippen LogP contribution in [0.5, 0.6) is 5.75 Å². The first-order valence-electron chi connectivity index (χ1n) is 9.92. The predicted molar refractivity (Wildman–Crippen MR) is 106 cm³/mol. The lowest BCUT2D eigenvalue weighted by Gasteiger charge is -2.29. The number of nitrogens with one attached hydrogen (secondary N) is 3. The molecule has 4 rings (SSSR count). The van der Waals surface area contributed by atoms with E-state index in [4.69, 9.17) is 4.74 Å². The van der Waals surface area contributed by atoms with Crippen LogP contribution in [-0.4, -0.2) is 45.2 Å². The second kappa shape index (κ2) is 8.42. The third kappa shape index (κ3) is 4.69. The molecule has 0 unspecified atom stereocenters. The number of thiophene rings is 1. The lowest BCUT2D eigenvalue weighted by Crippen LogP contribution is -3.28. The first-order chi connectivity index (χ1) is 13.2. The summed E-state index contributed by atoms with van der Waals surface area (Å²) in [6.07, 6.45) is 1.04. The Morgan fingerprint density at radius 3 is 2.81 bits per heavy atom. The number of hydrogen-bond acceptors (Lipinski definition) is 3. The van der Waals surface area contributed by atoms with Gasteiger partial charge < -0.3 is 19.9 Å². The minimum absolute atomic E-state index is 0.104. The Bertz CT molecular complexity index is 770. The summed E-state index contributed by atoms with van der Waals surface area (Å²) < 4.78 is 5.60. The normalized spacial score (nSPS) is 22.7. The molecule has 0 aliphatic carbocycles. The molecule has 2 aliphatic heterocycles. The number of carbonyl (C=O) groups excluding carboxylic acids is 1. The molecule has 144 valence electrons. The Morgan fingerprint density at radius 2 is 2.04 bits per heavy atom. The Balaban J connectivity index is 1.21. The van der Waals surface area contributed by atoms with Gasteiger partial charge in [-0.1, -0.05) is 6.07 Å². The molecule has 5 nitrogen and oxygen atoms in total. The highest BCUT2D eigenvalue weighted by atomic mass is 32.1. The zero-order chi connectivity index (χ0) is 18.6. The van der Waals surface area contributed by atoms with Crippen molar-refractivity contribution < 1.29 is 19.3 Å². The van der Waals surface area contributed by atoms with Gasteiger partial charge in [-0.15, -0.1) is 11.3 Å². The van der Waals surface area contributed by atoms with Crippen LogP contribution in [-0.2, 0) is 17.8 Å². The molecule has 1 atom stereocenters. The summed E-state index contributed by atoms with van der Waals surface area (Å²) in [5.74, 6) is 1.22. The van der Waals surface area contributed by atoms with E-state index < -0.39 is 0 Å². The van der Waals surface area contributed by atoms with Crippen LogP contribution in [0.15, 0.2) is 35.7 Å². The monoisotopic (exact) mass is 387 g/mol. The van der Waals surface area contributed by atoms with Crippen molar-refractivity contribution >= 4 is 17.2 Å². The first kappa shape index (κ1) is 18.5. The van der Waals surface area contributed by atoms with Gasteiger partial charge in [0.1, 0.15) is 38.5 Å². The van der Waals surface area contributed by atoms with E-state index in [1.165, 1.54) is 20.9 Å². The van der Waals surface area contributed by atoms with Crippen LogP contribution in [0.4, 0.5) is 0 Å². The van der Waals surface area contributed by atoms with Crippen LogP contribution < -0.4 is 19.9 Å². The smallest absolute Gasteiger partial charge is 0.275 e. The van der Waals surface area contributed by atoms with Crippen molar-refractivity contribution in [2.75, 3.05) is 39.3 Å². The third-order valence-corrected chi connectivity index (χ3v) is 6.69. The van der Waals surface area contributed by atoms with E-state index in [-0.39, 0.29) is 11.9 Å². The van der Waals surface area contributed by atoms with Gasteiger partial charge in [-0.3, -0.25) is 4.79 Å². The van der Waals surface area contributed by atoms with E-state index >= 15 is 0 Å². The van der Waals surface area contributed by atoms with Gasteiger partial charge in [0, 0.05) is 16.9 Å². The lowest BCUT2D eigenvalue weighted by atomic mass is 10.1. The number of piperazine rings is 1. The minimum Gasteiger partial charge on any atom is -0.493 e. The quantitative estimate of drug-likeness (QED) is 0.645. The zero-order valence-corrected chi connectivity index (χ0v) is 16.7.